The highest BCUT2D eigenvalue weighted by Gasteiger charge is 2.31. The van der Waals surface area contributed by atoms with Crippen molar-refractivity contribution in [2.45, 2.75) is 25.4 Å². The second-order valence-electron chi connectivity index (χ2n) is 5.73. The van der Waals surface area contributed by atoms with E-state index in [4.69, 9.17) is 4.52 Å². The number of amides is 1. The normalized spacial score (nSPS) is 17.7. The Balaban J connectivity index is 1.73. The fraction of sp³-hybridized carbons (Fsp3) is 0.375. The van der Waals surface area contributed by atoms with Crippen LogP contribution in [0.25, 0.3) is 11.3 Å². The van der Waals surface area contributed by atoms with E-state index in [1.165, 1.54) is 0 Å². The molecule has 1 aliphatic heterocycles. The fourth-order valence-electron chi connectivity index (χ4n) is 2.47. The number of aliphatic hydroxyl groups is 1. The first kappa shape index (κ1) is 13.8. The maximum Gasteiger partial charge on any atom is 0.292 e. The van der Waals surface area contributed by atoms with Crippen LogP contribution in [-0.2, 0) is 0 Å². The Morgan fingerprint density at radius 1 is 1.29 bits per heavy atom. The van der Waals surface area contributed by atoms with Crippen molar-refractivity contribution in [2.24, 2.45) is 0 Å². The monoisotopic (exact) mass is 286 g/mol. The average Bonchev–Trinajstić information content (AvgIpc) is 2.97. The zero-order valence-electron chi connectivity index (χ0n) is 12.0. The molecule has 0 aliphatic carbocycles. The molecule has 1 saturated heterocycles. The average molecular weight is 286 g/mol. The van der Waals surface area contributed by atoms with Crippen molar-refractivity contribution in [3.05, 3.63) is 42.2 Å². The SMILES string of the molecule is CC1(O)CCN(C(=O)c2cc(-c3ccccc3)no2)CC1. The number of hydrogen-bond acceptors (Lipinski definition) is 4. The van der Waals surface area contributed by atoms with Crippen molar-refractivity contribution in [3.8, 4) is 11.3 Å². The maximum absolute atomic E-state index is 12.4. The fourth-order valence-corrected chi connectivity index (χ4v) is 2.47. The smallest absolute Gasteiger partial charge is 0.292 e. The first-order valence-electron chi connectivity index (χ1n) is 7.09. The largest absolute Gasteiger partial charge is 0.390 e. The molecule has 1 aromatic carbocycles. The molecule has 21 heavy (non-hydrogen) atoms. The molecular formula is C16H18N2O3. The Labute approximate surface area is 123 Å². The van der Waals surface area contributed by atoms with Crippen molar-refractivity contribution >= 4 is 5.91 Å². The zero-order valence-corrected chi connectivity index (χ0v) is 12.0. The molecule has 5 heteroatoms. The summed E-state index contributed by atoms with van der Waals surface area (Å²) in [6.07, 6.45) is 1.16. The number of likely N-dealkylation sites (tertiary alicyclic amines) is 1. The number of carbonyl (C=O) groups excluding carboxylic acids is 1. The Bertz CT molecular complexity index is 624. The van der Waals surface area contributed by atoms with Crippen LogP contribution >= 0.6 is 0 Å². The van der Waals surface area contributed by atoms with Gasteiger partial charge in [-0.3, -0.25) is 4.79 Å². The molecule has 5 nitrogen and oxygen atoms in total. The summed E-state index contributed by atoms with van der Waals surface area (Å²) in [6.45, 7) is 2.87. The van der Waals surface area contributed by atoms with Crippen LogP contribution in [0.4, 0.5) is 0 Å². The summed E-state index contributed by atoms with van der Waals surface area (Å²) in [5, 5.41) is 13.9. The molecule has 2 aromatic rings. The number of aromatic nitrogens is 1. The van der Waals surface area contributed by atoms with Crippen LogP contribution < -0.4 is 0 Å². The second-order valence-corrected chi connectivity index (χ2v) is 5.73. The number of rotatable bonds is 2. The highest BCUT2D eigenvalue weighted by Crippen LogP contribution is 2.24. The van der Waals surface area contributed by atoms with E-state index < -0.39 is 5.60 Å². The van der Waals surface area contributed by atoms with E-state index >= 15 is 0 Å². The standard InChI is InChI=1S/C16H18N2O3/c1-16(20)7-9-18(10-8-16)15(19)14-11-13(17-21-14)12-5-3-2-4-6-12/h2-6,11,20H,7-10H2,1H3. The van der Waals surface area contributed by atoms with E-state index in [0.717, 1.165) is 5.56 Å². The van der Waals surface area contributed by atoms with Gasteiger partial charge >= 0.3 is 0 Å². The molecule has 3 rings (SSSR count). The summed E-state index contributed by atoms with van der Waals surface area (Å²) in [5.74, 6) is 0.0792. The zero-order chi connectivity index (χ0) is 14.9. The molecule has 2 heterocycles. The molecule has 0 radical (unpaired) electrons. The number of benzene rings is 1. The molecule has 1 aromatic heterocycles. The molecular weight excluding hydrogens is 268 g/mol. The molecule has 1 aliphatic rings. The topological polar surface area (TPSA) is 66.6 Å². The van der Waals surface area contributed by atoms with Gasteiger partial charge in [0.15, 0.2) is 0 Å². The lowest BCUT2D eigenvalue weighted by Crippen LogP contribution is -2.45. The lowest BCUT2D eigenvalue weighted by atomic mass is 9.94. The molecule has 1 fully saturated rings. The van der Waals surface area contributed by atoms with Crippen molar-refractivity contribution in [1.82, 2.24) is 10.1 Å². The van der Waals surface area contributed by atoms with Crippen LogP contribution in [0, 0.1) is 0 Å². The Hall–Kier alpha value is -2.14. The predicted molar refractivity (Wildman–Crippen MR) is 77.7 cm³/mol. The van der Waals surface area contributed by atoms with Gasteiger partial charge < -0.3 is 14.5 Å². The van der Waals surface area contributed by atoms with Crippen molar-refractivity contribution in [3.63, 3.8) is 0 Å². The Kier molecular flexibility index (Phi) is 3.51. The van der Waals surface area contributed by atoms with Crippen molar-refractivity contribution < 1.29 is 14.4 Å². The molecule has 0 unspecified atom stereocenters. The van der Waals surface area contributed by atoms with Gasteiger partial charge in [-0.15, -0.1) is 0 Å². The first-order valence-corrected chi connectivity index (χ1v) is 7.09. The van der Waals surface area contributed by atoms with E-state index in [-0.39, 0.29) is 11.7 Å². The minimum atomic E-state index is -0.673. The molecule has 110 valence electrons. The summed E-state index contributed by atoms with van der Waals surface area (Å²) >= 11 is 0. The Morgan fingerprint density at radius 2 is 1.95 bits per heavy atom. The Morgan fingerprint density at radius 3 is 2.62 bits per heavy atom. The summed E-state index contributed by atoms with van der Waals surface area (Å²) in [6, 6.07) is 11.3. The molecule has 0 atom stereocenters. The number of hydrogen-bond donors (Lipinski definition) is 1. The van der Waals surface area contributed by atoms with Gasteiger partial charge in [0, 0.05) is 24.7 Å². The quantitative estimate of drug-likeness (QED) is 0.920. The lowest BCUT2D eigenvalue weighted by molar-refractivity contribution is -0.00309. The van der Waals surface area contributed by atoms with Gasteiger partial charge in [-0.2, -0.15) is 0 Å². The van der Waals surface area contributed by atoms with Gasteiger partial charge in [0.25, 0.3) is 5.91 Å². The lowest BCUT2D eigenvalue weighted by Gasteiger charge is -2.35. The summed E-state index contributed by atoms with van der Waals surface area (Å²) in [5.41, 5.74) is 0.901. The van der Waals surface area contributed by atoms with Gasteiger partial charge in [0.05, 0.1) is 5.60 Å². The first-order chi connectivity index (χ1) is 10.1. The number of piperidine rings is 1. The van der Waals surface area contributed by atoms with Gasteiger partial charge in [0.2, 0.25) is 5.76 Å². The van der Waals surface area contributed by atoms with E-state index in [1.54, 1.807) is 17.9 Å². The minimum absolute atomic E-state index is 0.166. The van der Waals surface area contributed by atoms with Gasteiger partial charge in [-0.1, -0.05) is 35.5 Å². The summed E-state index contributed by atoms with van der Waals surface area (Å²) < 4.78 is 5.18. The predicted octanol–water partition coefficient (Wildman–Crippen LogP) is 2.33. The summed E-state index contributed by atoms with van der Waals surface area (Å²) in [7, 11) is 0. The van der Waals surface area contributed by atoms with E-state index in [9.17, 15) is 9.90 Å². The molecule has 0 bridgehead atoms. The highest BCUT2D eigenvalue weighted by atomic mass is 16.5. The van der Waals surface area contributed by atoms with E-state index in [0.29, 0.717) is 31.6 Å². The van der Waals surface area contributed by atoms with Gasteiger partial charge in [-0.05, 0) is 19.8 Å². The van der Waals surface area contributed by atoms with Crippen LogP contribution in [0.1, 0.15) is 30.3 Å². The second kappa shape index (κ2) is 5.33. The third-order valence-corrected chi connectivity index (χ3v) is 3.92. The van der Waals surface area contributed by atoms with Crippen molar-refractivity contribution in [1.29, 1.82) is 0 Å². The number of carbonyl (C=O) groups is 1. The molecule has 0 saturated carbocycles. The third-order valence-electron chi connectivity index (χ3n) is 3.92. The van der Waals surface area contributed by atoms with Crippen molar-refractivity contribution in [2.75, 3.05) is 13.1 Å². The molecule has 1 amide bonds. The van der Waals surface area contributed by atoms with Crippen LogP contribution in [-0.4, -0.2) is 39.8 Å². The highest BCUT2D eigenvalue weighted by molar-refractivity contribution is 5.92. The molecule has 1 N–H and O–H groups in total. The van der Waals surface area contributed by atoms with Crippen LogP contribution in [0.2, 0.25) is 0 Å². The summed E-state index contributed by atoms with van der Waals surface area (Å²) in [4.78, 5) is 14.1. The third kappa shape index (κ3) is 2.97. The van der Waals surface area contributed by atoms with Crippen LogP contribution in [0.5, 0.6) is 0 Å². The maximum atomic E-state index is 12.4. The van der Waals surface area contributed by atoms with E-state index in [2.05, 4.69) is 5.16 Å². The van der Waals surface area contributed by atoms with Gasteiger partial charge in [-0.25, -0.2) is 0 Å². The number of nitrogens with zero attached hydrogens (tertiary/aromatic N) is 2. The molecule has 0 spiro atoms. The minimum Gasteiger partial charge on any atom is -0.390 e. The van der Waals surface area contributed by atoms with Crippen LogP contribution in [0.3, 0.4) is 0 Å². The van der Waals surface area contributed by atoms with Crippen LogP contribution in [0.15, 0.2) is 40.9 Å². The van der Waals surface area contributed by atoms with E-state index in [1.807, 2.05) is 30.3 Å². The van der Waals surface area contributed by atoms with Gasteiger partial charge in [0.1, 0.15) is 5.69 Å².